The summed E-state index contributed by atoms with van der Waals surface area (Å²) in [5.41, 5.74) is -0.828. The number of hydrogen-bond acceptors (Lipinski definition) is 4. The van der Waals surface area contributed by atoms with Gasteiger partial charge in [-0.05, 0) is 32.3 Å². The zero-order valence-corrected chi connectivity index (χ0v) is 10.5. The fourth-order valence-electron chi connectivity index (χ4n) is 0.945. The van der Waals surface area contributed by atoms with Crippen LogP contribution in [0.15, 0.2) is 0 Å². The van der Waals surface area contributed by atoms with Crippen LogP contribution in [0.5, 0.6) is 0 Å². The monoisotopic (exact) mass is 235 g/mol. The number of carbonyl (C=O) groups excluding carboxylic acids is 1. The van der Waals surface area contributed by atoms with Crippen molar-refractivity contribution in [3.63, 3.8) is 0 Å². The Bertz CT molecular complexity index is 186. The molecule has 0 aliphatic heterocycles. The molecule has 0 heterocycles. The first-order valence-corrected chi connectivity index (χ1v) is 6.47. The van der Waals surface area contributed by atoms with E-state index < -0.39 is 5.60 Å². The highest BCUT2D eigenvalue weighted by atomic mass is 32.2. The average molecular weight is 235 g/mol. The van der Waals surface area contributed by atoms with Crippen LogP contribution in [0, 0.1) is 0 Å². The summed E-state index contributed by atoms with van der Waals surface area (Å²) in [4.78, 5) is 11.2. The lowest BCUT2D eigenvalue weighted by Crippen LogP contribution is -2.42. The van der Waals surface area contributed by atoms with Gasteiger partial charge in [0.25, 0.3) is 0 Å². The van der Waals surface area contributed by atoms with E-state index in [2.05, 4.69) is 5.32 Å². The number of ether oxygens (including phenoxy) is 1. The number of thioether (sulfide) groups is 1. The quantitative estimate of drug-likeness (QED) is 0.648. The van der Waals surface area contributed by atoms with Gasteiger partial charge in [-0.2, -0.15) is 11.8 Å². The molecule has 0 bridgehead atoms. The Kier molecular flexibility index (Phi) is 7.82. The molecule has 1 amide bonds. The van der Waals surface area contributed by atoms with Crippen LogP contribution in [0.2, 0.25) is 0 Å². The maximum Gasteiger partial charge on any atom is 0.246 e. The Morgan fingerprint density at radius 3 is 2.80 bits per heavy atom. The topological polar surface area (TPSA) is 58.6 Å². The van der Waals surface area contributed by atoms with Crippen molar-refractivity contribution >= 4 is 17.7 Å². The highest BCUT2D eigenvalue weighted by molar-refractivity contribution is 7.98. The van der Waals surface area contributed by atoms with E-state index in [4.69, 9.17) is 4.74 Å². The molecular formula is C10H21NO3S. The van der Waals surface area contributed by atoms with Gasteiger partial charge in [0.1, 0.15) is 6.61 Å². The molecule has 0 aromatic heterocycles. The van der Waals surface area contributed by atoms with E-state index in [-0.39, 0.29) is 19.1 Å². The SMILES string of the molecule is CCOCC(=O)NC[C@@](C)(O)CCSC. The molecule has 0 aliphatic rings. The summed E-state index contributed by atoms with van der Waals surface area (Å²) >= 11 is 1.68. The minimum Gasteiger partial charge on any atom is -0.388 e. The molecule has 0 radical (unpaired) electrons. The van der Waals surface area contributed by atoms with Crippen molar-refractivity contribution < 1.29 is 14.6 Å². The molecule has 90 valence electrons. The van der Waals surface area contributed by atoms with Crippen LogP contribution in [0.4, 0.5) is 0 Å². The van der Waals surface area contributed by atoms with Gasteiger partial charge in [0, 0.05) is 13.2 Å². The van der Waals surface area contributed by atoms with Crippen molar-refractivity contribution in [1.82, 2.24) is 5.32 Å². The van der Waals surface area contributed by atoms with Gasteiger partial charge >= 0.3 is 0 Å². The molecule has 4 nitrogen and oxygen atoms in total. The van der Waals surface area contributed by atoms with E-state index in [1.165, 1.54) is 0 Å². The van der Waals surface area contributed by atoms with Gasteiger partial charge in [-0.3, -0.25) is 4.79 Å². The lowest BCUT2D eigenvalue weighted by molar-refractivity contribution is -0.126. The number of aliphatic hydroxyl groups is 1. The zero-order chi connectivity index (χ0) is 11.7. The minimum absolute atomic E-state index is 0.0646. The van der Waals surface area contributed by atoms with Crippen molar-refractivity contribution in [1.29, 1.82) is 0 Å². The first-order valence-electron chi connectivity index (χ1n) is 5.07. The lowest BCUT2D eigenvalue weighted by Gasteiger charge is -2.23. The van der Waals surface area contributed by atoms with Gasteiger partial charge < -0.3 is 15.2 Å². The van der Waals surface area contributed by atoms with Crippen molar-refractivity contribution in [2.75, 3.05) is 31.8 Å². The maximum atomic E-state index is 11.2. The second kappa shape index (κ2) is 7.96. The third-order valence-corrected chi connectivity index (χ3v) is 2.56. The van der Waals surface area contributed by atoms with E-state index in [0.717, 1.165) is 5.75 Å². The summed E-state index contributed by atoms with van der Waals surface area (Å²) in [6, 6.07) is 0. The van der Waals surface area contributed by atoms with Crippen LogP contribution in [-0.2, 0) is 9.53 Å². The zero-order valence-electron chi connectivity index (χ0n) is 9.71. The number of carbonyl (C=O) groups is 1. The molecule has 0 aliphatic carbocycles. The molecule has 0 saturated heterocycles. The fourth-order valence-corrected chi connectivity index (χ4v) is 1.59. The van der Waals surface area contributed by atoms with Crippen molar-refractivity contribution in [2.24, 2.45) is 0 Å². The summed E-state index contributed by atoms with van der Waals surface area (Å²) in [7, 11) is 0. The molecule has 0 aromatic carbocycles. The van der Waals surface area contributed by atoms with Gasteiger partial charge in [-0.15, -0.1) is 0 Å². The van der Waals surface area contributed by atoms with E-state index in [0.29, 0.717) is 13.0 Å². The Morgan fingerprint density at radius 2 is 2.27 bits per heavy atom. The number of nitrogens with one attached hydrogen (secondary N) is 1. The number of rotatable bonds is 8. The molecule has 0 rings (SSSR count). The van der Waals surface area contributed by atoms with Gasteiger partial charge in [-0.1, -0.05) is 0 Å². The van der Waals surface area contributed by atoms with Crippen molar-refractivity contribution in [3.8, 4) is 0 Å². The summed E-state index contributed by atoms with van der Waals surface area (Å²) < 4.78 is 4.94. The molecule has 15 heavy (non-hydrogen) atoms. The van der Waals surface area contributed by atoms with Gasteiger partial charge in [-0.25, -0.2) is 0 Å². The maximum absolute atomic E-state index is 11.2. The Labute approximate surface area is 95.8 Å². The molecule has 5 heteroatoms. The van der Waals surface area contributed by atoms with E-state index in [9.17, 15) is 9.90 Å². The fraction of sp³-hybridized carbons (Fsp3) is 0.900. The predicted octanol–water partition coefficient (Wildman–Crippen LogP) is 0.643. The normalized spacial score (nSPS) is 14.7. The average Bonchev–Trinajstić information content (AvgIpc) is 2.21. The van der Waals surface area contributed by atoms with Gasteiger partial charge in [0.15, 0.2) is 0 Å². The lowest BCUT2D eigenvalue weighted by atomic mass is 10.0. The number of hydrogen-bond donors (Lipinski definition) is 2. The van der Waals surface area contributed by atoms with Gasteiger partial charge in [0.05, 0.1) is 5.60 Å². The second-order valence-electron chi connectivity index (χ2n) is 3.65. The smallest absolute Gasteiger partial charge is 0.246 e. The minimum atomic E-state index is -0.828. The predicted molar refractivity (Wildman–Crippen MR) is 63.1 cm³/mol. The Balaban J connectivity index is 3.67. The van der Waals surface area contributed by atoms with Gasteiger partial charge in [0.2, 0.25) is 5.91 Å². The van der Waals surface area contributed by atoms with Crippen LogP contribution in [0.1, 0.15) is 20.3 Å². The summed E-state index contributed by atoms with van der Waals surface area (Å²) in [5, 5.41) is 12.5. The van der Waals surface area contributed by atoms with Crippen LogP contribution in [-0.4, -0.2) is 48.4 Å². The van der Waals surface area contributed by atoms with E-state index in [1.54, 1.807) is 18.7 Å². The standard InChI is InChI=1S/C10H21NO3S/c1-4-14-7-9(12)11-8-10(2,13)5-6-15-3/h13H,4-8H2,1-3H3,(H,11,12)/t10-/m0/s1. The summed E-state index contributed by atoms with van der Waals surface area (Å²) in [6.07, 6.45) is 2.66. The molecule has 2 N–H and O–H groups in total. The van der Waals surface area contributed by atoms with Crippen molar-refractivity contribution in [2.45, 2.75) is 25.9 Å². The molecule has 0 fully saturated rings. The first kappa shape index (κ1) is 14.7. The Morgan fingerprint density at radius 1 is 1.60 bits per heavy atom. The third kappa shape index (κ3) is 8.72. The molecule has 1 atom stereocenters. The molecular weight excluding hydrogens is 214 g/mol. The highest BCUT2D eigenvalue weighted by Gasteiger charge is 2.20. The third-order valence-electron chi connectivity index (χ3n) is 1.95. The largest absolute Gasteiger partial charge is 0.388 e. The van der Waals surface area contributed by atoms with E-state index in [1.807, 2.05) is 13.2 Å². The second-order valence-corrected chi connectivity index (χ2v) is 4.64. The number of amides is 1. The van der Waals surface area contributed by atoms with E-state index >= 15 is 0 Å². The molecule has 0 unspecified atom stereocenters. The molecule has 0 saturated carbocycles. The van der Waals surface area contributed by atoms with Crippen molar-refractivity contribution in [3.05, 3.63) is 0 Å². The highest BCUT2D eigenvalue weighted by Crippen LogP contribution is 2.11. The molecule has 0 aromatic rings. The van der Waals surface area contributed by atoms with Crippen LogP contribution in [0.3, 0.4) is 0 Å². The summed E-state index contributed by atoms with van der Waals surface area (Å²) in [6.45, 7) is 4.43. The van der Waals surface area contributed by atoms with Crippen LogP contribution < -0.4 is 5.32 Å². The first-order chi connectivity index (χ1) is 7.02. The molecule has 0 spiro atoms. The van der Waals surface area contributed by atoms with Crippen LogP contribution in [0.25, 0.3) is 0 Å². The van der Waals surface area contributed by atoms with Crippen LogP contribution >= 0.6 is 11.8 Å². The summed E-state index contributed by atoms with van der Waals surface area (Å²) in [5.74, 6) is 0.704. The Hall–Kier alpha value is -0.260.